The molecule has 1 aromatic heterocycles. The Kier molecular flexibility index (Phi) is 6.78. The van der Waals surface area contributed by atoms with E-state index in [4.69, 9.17) is 9.47 Å². The van der Waals surface area contributed by atoms with E-state index >= 15 is 0 Å². The molecule has 1 aliphatic rings. The summed E-state index contributed by atoms with van der Waals surface area (Å²) in [7, 11) is 1.60. The molecular weight excluding hydrogens is 402 g/mol. The van der Waals surface area contributed by atoms with Gasteiger partial charge in [-0.25, -0.2) is 4.98 Å². The average Bonchev–Trinajstić information content (AvgIpc) is 3.46. The van der Waals surface area contributed by atoms with Crippen molar-refractivity contribution in [2.75, 3.05) is 12.4 Å². The van der Waals surface area contributed by atoms with Crippen LogP contribution < -0.4 is 14.8 Å². The Morgan fingerprint density at radius 2 is 1.97 bits per heavy atom. The van der Waals surface area contributed by atoms with Gasteiger partial charge >= 0.3 is 0 Å². The van der Waals surface area contributed by atoms with Gasteiger partial charge in [0.25, 0.3) is 5.91 Å². The second-order valence-corrected chi connectivity index (χ2v) is 8.61. The lowest BCUT2D eigenvalue weighted by Crippen LogP contribution is -2.14. The van der Waals surface area contributed by atoms with E-state index in [1.165, 1.54) is 12.8 Å². The van der Waals surface area contributed by atoms with Gasteiger partial charge in [0.1, 0.15) is 5.82 Å². The molecule has 0 atom stereocenters. The summed E-state index contributed by atoms with van der Waals surface area (Å²) < 4.78 is 13.7. The molecule has 0 spiro atoms. The number of amides is 1. The minimum absolute atomic E-state index is 0.182. The van der Waals surface area contributed by atoms with E-state index in [0.717, 1.165) is 29.9 Å². The molecule has 4 rings (SSSR count). The monoisotopic (exact) mass is 433 g/mol. The number of imidazole rings is 1. The van der Waals surface area contributed by atoms with Gasteiger partial charge in [-0.1, -0.05) is 26.0 Å². The predicted molar refractivity (Wildman–Crippen MR) is 126 cm³/mol. The lowest BCUT2D eigenvalue weighted by molar-refractivity contribution is 0.102. The first-order chi connectivity index (χ1) is 15.5. The number of hydrogen-bond donors (Lipinski definition) is 1. The van der Waals surface area contributed by atoms with Crippen LogP contribution in [-0.2, 0) is 6.54 Å². The highest BCUT2D eigenvalue weighted by Crippen LogP contribution is 2.32. The van der Waals surface area contributed by atoms with Gasteiger partial charge in [0.05, 0.1) is 13.2 Å². The third-order valence-electron chi connectivity index (χ3n) is 5.82. The van der Waals surface area contributed by atoms with Gasteiger partial charge in [-0.15, -0.1) is 0 Å². The van der Waals surface area contributed by atoms with Crippen molar-refractivity contribution in [3.8, 4) is 11.5 Å². The van der Waals surface area contributed by atoms with Gasteiger partial charge in [0.2, 0.25) is 0 Å². The highest BCUT2D eigenvalue weighted by molar-refractivity contribution is 6.04. The SMILES string of the molecule is COc1cc(C(=O)Nc2cccc(Cn3ccnc3C(C)C)c2)ccc1OC1CCCC1. The number of nitrogens with one attached hydrogen (secondary N) is 1. The van der Waals surface area contributed by atoms with Crippen molar-refractivity contribution >= 4 is 11.6 Å². The Labute approximate surface area is 189 Å². The summed E-state index contributed by atoms with van der Waals surface area (Å²) in [5.74, 6) is 2.49. The van der Waals surface area contributed by atoms with Gasteiger partial charge in [0.15, 0.2) is 11.5 Å². The molecule has 3 aromatic rings. The van der Waals surface area contributed by atoms with Crippen LogP contribution in [0.4, 0.5) is 5.69 Å². The summed E-state index contributed by atoms with van der Waals surface area (Å²) in [5, 5.41) is 3.00. The summed E-state index contributed by atoms with van der Waals surface area (Å²) >= 11 is 0. The van der Waals surface area contributed by atoms with Crippen molar-refractivity contribution in [2.45, 2.75) is 58.1 Å². The van der Waals surface area contributed by atoms with Crippen LogP contribution in [0.2, 0.25) is 0 Å². The van der Waals surface area contributed by atoms with Crippen LogP contribution >= 0.6 is 0 Å². The number of rotatable bonds is 8. The van der Waals surface area contributed by atoms with E-state index < -0.39 is 0 Å². The molecule has 0 aliphatic heterocycles. The molecule has 1 N–H and O–H groups in total. The number of benzene rings is 2. The first-order valence-corrected chi connectivity index (χ1v) is 11.3. The fraction of sp³-hybridized carbons (Fsp3) is 0.385. The molecule has 1 saturated carbocycles. The Balaban J connectivity index is 1.45. The quantitative estimate of drug-likeness (QED) is 0.499. The lowest BCUT2D eigenvalue weighted by atomic mass is 10.1. The van der Waals surface area contributed by atoms with Gasteiger partial charge in [-0.3, -0.25) is 4.79 Å². The summed E-state index contributed by atoms with van der Waals surface area (Å²) in [6, 6.07) is 13.3. The second-order valence-electron chi connectivity index (χ2n) is 8.61. The van der Waals surface area contributed by atoms with E-state index in [0.29, 0.717) is 29.5 Å². The molecule has 0 saturated heterocycles. The van der Waals surface area contributed by atoms with Crippen LogP contribution in [-0.4, -0.2) is 28.7 Å². The van der Waals surface area contributed by atoms with Gasteiger partial charge in [0, 0.05) is 36.1 Å². The number of hydrogen-bond acceptors (Lipinski definition) is 4. The molecule has 168 valence electrons. The average molecular weight is 434 g/mol. The molecule has 1 amide bonds. The molecule has 2 aromatic carbocycles. The standard InChI is InChI=1S/C26H31N3O3/c1-18(2)25-27-13-14-29(25)17-19-7-6-8-21(15-19)28-26(30)20-11-12-23(24(16-20)31-3)32-22-9-4-5-10-22/h6-8,11-16,18,22H,4-5,9-10,17H2,1-3H3,(H,28,30). The normalized spacial score (nSPS) is 14.0. The zero-order valence-corrected chi connectivity index (χ0v) is 19.0. The van der Waals surface area contributed by atoms with Crippen molar-refractivity contribution in [1.82, 2.24) is 9.55 Å². The molecule has 6 nitrogen and oxygen atoms in total. The lowest BCUT2D eigenvalue weighted by Gasteiger charge is -2.16. The fourth-order valence-electron chi connectivity index (χ4n) is 4.19. The fourth-order valence-corrected chi connectivity index (χ4v) is 4.19. The van der Waals surface area contributed by atoms with Crippen LogP contribution in [0.3, 0.4) is 0 Å². The maximum Gasteiger partial charge on any atom is 0.255 e. The number of ether oxygens (including phenoxy) is 2. The number of carbonyl (C=O) groups is 1. The third kappa shape index (κ3) is 5.13. The summed E-state index contributed by atoms with van der Waals surface area (Å²) in [6.45, 7) is 4.97. The maximum absolute atomic E-state index is 12.9. The van der Waals surface area contributed by atoms with Crippen molar-refractivity contribution in [2.24, 2.45) is 0 Å². The largest absolute Gasteiger partial charge is 0.493 e. The van der Waals surface area contributed by atoms with Crippen LogP contribution in [0, 0.1) is 0 Å². The van der Waals surface area contributed by atoms with Crippen LogP contribution in [0.1, 0.15) is 67.2 Å². The third-order valence-corrected chi connectivity index (χ3v) is 5.82. The summed E-state index contributed by atoms with van der Waals surface area (Å²) in [5.41, 5.74) is 2.38. The van der Waals surface area contributed by atoms with Crippen LogP contribution in [0.15, 0.2) is 54.9 Å². The highest BCUT2D eigenvalue weighted by Gasteiger charge is 2.19. The van der Waals surface area contributed by atoms with Gasteiger partial charge < -0.3 is 19.4 Å². The molecular formula is C26H31N3O3. The molecule has 6 heteroatoms. The zero-order chi connectivity index (χ0) is 22.5. The smallest absolute Gasteiger partial charge is 0.255 e. The Morgan fingerprint density at radius 1 is 1.16 bits per heavy atom. The first-order valence-electron chi connectivity index (χ1n) is 11.3. The number of nitrogens with zero attached hydrogens (tertiary/aromatic N) is 2. The van der Waals surface area contributed by atoms with E-state index in [1.807, 2.05) is 36.7 Å². The highest BCUT2D eigenvalue weighted by atomic mass is 16.5. The molecule has 1 heterocycles. The van der Waals surface area contributed by atoms with Gasteiger partial charge in [-0.05, 0) is 61.6 Å². The first kappa shape index (κ1) is 21.9. The number of methoxy groups -OCH3 is 1. The maximum atomic E-state index is 12.9. The summed E-state index contributed by atoms with van der Waals surface area (Å²) in [4.78, 5) is 17.3. The molecule has 0 bridgehead atoms. The van der Waals surface area contributed by atoms with Crippen molar-refractivity contribution in [1.29, 1.82) is 0 Å². The molecule has 0 unspecified atom stereocenters. The second kappa shape index (κ2) is 9.90. The number of aromatic nitrogens is 2. The van der Waals surface area contributed by atoms with E-state index in [9.17, 15) is 4.79 Å². The van der Waals surface area contributed by atoms with Crippen LogP contribution in [0.5, 0.6) is 11.5 Å². The van der Waals surface area contributed by atoms with Crippen molar-refractivity contribution < 1.29 is 14.3 Å². The molecule has 1 aliphatic carbocycles. The van der Waals surface area contributed by atoms with E-state index in [1.54, 1.807) is 19.2 Å². The van der Waals surface area contributed by atoms with E-state index in [-0.39, 0.29) is 12.0 Å². The molecule has 0 radical (unpaired) electrons. The van der Waals surface area contributed by atoms with Crippen LogP contribution in [0.25, 0.3) is 0 Å². The van der Waals surface area contributed by atoms with Crippen molar-refractivity contribution in [3.05, 3.63) is 71.8 Å². The molecule has 32 heavy (non-hydrogen) atoms. The number of anilines is 1. The minimum Gasteiger partial charge on any atom is -0.493 e. The Hall–Kier alpha value is -3.28. The Morgan fingerprint density at radius 3 is 2.72 bits per heavy atom. The summed E-state index contributed by atoms with van der Waals surface area (Å²) in [6.07, 6.45) is 8.59. The Bertz CT molecular complexity index is 1070. The number of carbonyl (C=O) groups excluding carboxylic acids is 1. The van der Waals surface area contributed by atoms with Gasteiger partial charge in [-0.2, -0.15) is 0 Å². The minimum atomic E-state index is -0.182. The predicted octanol–water partition coefficient (Wildman–Crippen LogP) is 5.64. The van der Waals surface area contributed by atoms with E-state index in [2.05, 4.69) is 34.8 Å². The van der Waals surface area contributed by atoms with Crippen molar-refractivity contribution in [3.63, 3.8) is 0 Å². The topological polar surface area (TPSA) is 65.4 Å². The zero-order valence-electron chi connectivity index (χ0n) is 19.0. The molecule has 1 fully saturated rings.